The minimum atomic E-state index is -2.58. The van der Waals surface area contributed by atoms with Gasteiger partial charge in [-0.3, -0.25) is 9.20 Å². The van der Waals surface area contributed by atoms with E-state index >= 15 is 0 Å². The third-order valence-electron chi connectivity index (χ3n) is 3.76. The highest BCUT2D eigenvalue weighted by Crippen LogP contribution is 2.43. The first-order valence-corrected chi connectivity index (χ1v) is 7.13. The zero-order valence-electron chi connectivity index (χ0n) is 11.9. The van der Waals surface area contributed by atoms with Gasteiger partial charge in [-0.1, -0.05) is 0 Å². The number of rotatable bonds is 5. The number of amides is 1. The Morgan fingerprint density at radius 2 is 2.14 bits per heavy atom. The third-order valence-corrected chi connectivity index (χ3v) is 3.76. The van der Waals surface area contributed by atoms with Gasteiger partial charge in [-0.25, -0.2) is 18.7 Å². The van der Waals surface area contributed by atoms with Gasteiger partial charge in [-0.2, -0.15) is 0 Å². The normalized spacial score (nSPS) is 17.4. The van der Waals surface area contributed by atoms with E-state index in [1.807, 2.05) is 0 Å². The predicted molar refractivity (Wildman–Crippen MR) is 75.0 cm³/mol. The Morgan fingerprint density at radius 3 is 2.82 bits per heavy atom. The highest BCUT2D eigenvalue weighted by molar-refractivity contribution is 5.76. The van der Waals surface area contributed by atoms with Gasteiger partial charge in [0, 0.05) is 38.2 Å². The molecule has 1 saturated carbocycles. The molecule has 118 valence electrons. The molecule has 1 amide bonds. The Kier molecular flexibility index (Phi) is 3.78. The standard InChI is InChI=1S/C14H17F2N5O/c15-14(16)4-9(5-14)3-12(22)18-7-10-1-2-21-8-11(6-17)20-13(21)19-10/h1-2,8-9H,3-7,17H2,(H,18,22). The van der Waals surface area contributed by atoms with Crippen molar-refractivity contribution >= 4 is 11.7 Å². The number of nitrogens with zero attached hydrogens (tertiary/aromatic N) is 3. The fourth-order valence-corrected chi connectivity index (χ4v) is 2.61. The van der Waals surface area contributed by atoms with Gasteiger partial charge in [0.05, 0.1) is 17.9 Å². The topological polar surface area (TPSA) is 85.3 Å². The fourth-order valence-electron chi connectivity index (χ4n) is 2.61. The molecule has 3 rings (SSSR count). The lowest BCUT2D eigenvalue weighted by molar-refractivity contribution is -0.133. The molecule has 1 aliphatic rings. The van der Waals surface area contributed by atoms with E-state index in [0.717, 1.165) is 5.69 Å². The molecular weight excluding hydrogens is 292 g/mol. The monoisotopic (exact) mass is 309 g/mol. The first-order valence-electron chi connectivity index (χ1n) is 7.13. The molecule has 3 N–H and O–H groups in total. The van der Waals surface area contributed by atoms with Crippen molar-refractivity contribution in [1.82, 2.24) is 19.7 Å². The molecule has 1 aliphatic carbocycles. The molecule has 0 unspecified atom stereocenters. The van der Waals surface area contributed by atoms with Crippen LogP contribution in [0.5, 0.6) is 0 Å². The van der Waals surface area contributed by atoms with Crippen molar-refractivity contribution in [3.05, 3.63) is 29.8 Å². The van der Waals surface area contributed by atoms with Crippen molar-refractivity contribution < 1.29 is 13.6 Å². The molecule has 0 radical (unpaired) electrons. The Bertz CT molecular complexity index is 692. The molecule has 8 heteroatoms. The zero-order valence-corrected chi connectivity index (χ0v) is 11.9. The van der Waals surface area contributed by atoms with E-state index in [1.54, 1.807) is 22.9 Å². The third kappa shape index (κ3) is 3.22. The van der Waals surface area contributed by atoms with Gasteiger partial charge in [0.15, 0.2) is 0 Å². The molecule has 2 aromatic rings. The van der Waals surface area contributed by atoms with Gasteiger partial charge < -0.3 is 11.1 Å². The van der Waals surface area contributed by atoms with Crippen LogP contribution in [-0.4, -0.2) is 26.2 Å². The molecule has 2 aromatic heterocycles. The first kappa shape index (κ1) is 14.8. The minimum Gasteiger partial charge on any atom is -0.350 e. The highest BCUT2D eigenvalue weighted by Gasteiger charge is 2.45. The molecular formula is C14H17F2N5O. The number of alkyl halides is 2. The van der Waals surface area contributed by atoms with Crippen molar-refractivity contribution in [2.24, 2.45) is 11.7 Å². The molecule has 1 fully saturated rings. The smallest absolute Gasteiger partial charge is 0.248 e. The Morgan fingerprint density at radius 1 is 1.41 bits per heavy atom. The second-order valence-electron chi connectivity index (χ2n) is 5.67. The van der Waals surface area contributed by atoms with E-state index in [4.69, 9.17) is 5.73 Å². The van der Waals surface area contributed by atoms with E-state index in [0.29, 0.717) is 18.0 Å². The van der Waals surface area contributed by atoms with Crippen LogP contribution in [0.1, 0.15) is 30.7 Å². The summed E-state index contributed by atoms with van der Waals surface area (Å²) in [5, 5.41) is 2.70. The molecule has 0 atom stereocenters. The van der Waals surface area contributed by atoms with Crippen LogP contribution in [0.15, 0.2) is 18.5 Å². The van der Waals surface area contributed by atoms with Crippen molar-refractivity contribution in [3.63, 3.8) is 0 Å². The maximum Gasteiger partial charge on any atom is 0.248 e. The van der Waals surface area contributed by atoms with Crippen LogP contribution in [0.3, 0.4) is 0 Å². The van der Waals surface area contributed by atoms with Gasteiger partial charge >= 0.3 is 0 Å². The van der Waals surface area contributed by atoms with Gasteiger partial charge in [-0.15, -0.1) is 0 Å². The second kappa shape index (κ2) is 5.60. The number of fused-ring (bicyclic) bond motifs is 1. The lowest BCUT2D eigenvalue weighted by Crippen LogP contribution is -2.38. The van der Waals surface area contributed by atoms with Crippen LogP contribution >= 0.6 is 0 Å². The molecule has 0 bridgehead atoms. The van der Waals surface area contributed by atoms with Gasteiger partial charge in [0.25, 0.3) is 0 Å². The molecule has 22 heavy (non-hydrogen) atoms. The molecule has 0 spiro atoms. The van der Waals surface area contributed by atoms with Crippen molar-refractivity contribution in [2.75, 3.05) is 0 Å². The first-order chi connectivity index (χ1) is 10.4. The summed E-state index contributed by atoms with van der Waals surface area (Å²) < 4.78 is 27.2. The number of nitrogens with one attached hydrogen (secondary N) is 1. The summed E-state index contributed by atoms with van der Waals surface area (Å²) in [6.45, 7) is 0.588. The van der Waals surface area contributed by atoms with E-state index in [-0.39, 0.29) is 37.6 Å². The number of hydrogen-bond donors (Lipinski definition) is 2. The summed E-state index contributed by atoms with van der Waals surface area (Å²) in [7, 11) is 0. The molecule has 0 saturated heterocycles. The molecule has 6 nitrogen and oxygen atoms in total. The summed E-state index contributed by atoms with van der Waals surface area (Å²) in [6, 6.07) is 1.77. The number of hydrogen-bond acceptors (Lipinski definition) is 4. The molecule has 0 aromatic carbocycles. The fraction of sp³-hybridized carbons (Fsp3) is 0.500. The molecule has 2 heterocycles. The number of imidazole rings is 1. The van der Waals surface area contributed by atoms with Crippen molar-refractivity contribution in [2.45, 2.75) is 38.3 Å². The predicted octanol–water partition coefficient (Wildman–Crippen LogP) is 1.24. The quantitative estimate of drug-likeness (QED) is 0.870. The van der Waals surface area contributed by atoms with Crippen LogP contribution in [0.25, 0.3) is 5.78 Å². The SMILES string of the molecule is NCc1cn2ccc(CNC(=O)CC3CC(F)(F)C3)nc2n1. The average Bonchev–Trinajstić information content (AvgIpc) is 2.85. The number of carbonyl (C=O) groups excluding carboxylic acids is 1. The average molecular weight is 309 g/mol. The van der Waals surface area contributed by atoms with Crippen LogP contribution in [0.2, 0.25) is 0 Å². The van der Waals surface area contributed by atoms with Gasteiger partial charge in [-0.05, 0) is 12.0 Å². The van der Waals surface area contributed by atoms with E-state index in [1.165, 1.54) is 0 Å². The van der Waals surface area contributed by atoms with E-state index in [2.05, 4.69) is 15.3 Å². The maximum absolute atomic E-state index is 12.7. The summed E-state index contributed by atoms with van der Waals surface area (Å²) in [6.07, 6.45) is 3.34. The summed E-state index contributed by atoms with van der Waals surface area (Å²) in [5.74, 6) is -2.51. The van der Waals surface area contributed by atoms with Crippen molar-refractivity contribution in [1.29, 1.82) is 0 Å². The highest BCUT2D eigenvalue weighted by atomic mass is 19.3. The molecule has 0 aliphatic heterocycles. The van der Waals surface area contributed by atoms with Gasteiger partial charge in [0.1, 0.15) is 0 Å². The summed E-state index contributed by atoms with van der Waals surface area (Å²) in [4.78, 5) is 20.3. The zero-order chi connectivity index (χ0) is 15.7. The Hall–Kier alpha value is -2.09. The Labute approximate surface area is 125 Å². The van der Waals surface area contributed by atoms with E-state index in [9.17, 15) is 13.6 Å². The summed E-state index contributed by atoms with van der Waals surface area (Å²) >= 11 is 0. The van der Waals surface area contributed by atoms with Crippen LogP contribution < -0.4 is 11.1 Å². The second-order valence-corrected chi connectivity index (χ2v) is 5.67. The summed E-state index contributed by atoms with van der Waals surface area (Å²) in [5.41, 5.74) is 6.92. The lowest BCUT2D eigenvalue weighted by Gasteiger charge is -2.34. The van der Waals surface area contributed by atoms with Crippen LogP contribution in [0, 0.1) is 5.92 Å². The minimum absolute atomic E-state index is 0.137. The van der Waals surface area contributed by atoms with Crippen molar-refractivity contribution in [3.8, 4) is 0 Å². The van der Waals surface area contributed by atoms with Gasteiger partial charge in [0.2, 0.25) is 17.6 Å². The van der Waals surface area contributed by atoms with Crippen LogP contribution in [0.4, 0.5) is 8.78 Å². The largest absolute Gasteiger partial charge is 0.350 e. The number of aromatic nitrogens is 3. The Balaban J connectivity index is 1.53. The van der Waals surface area contributed by atoms with Crippen LogP contribution in [-0.2, 0) is 17.9 Å². The number of halogens is 2. The lowest BCUT2D eigenvalue weighted by atomic mass is 9.79. The number of carbonyl (C=O) groups is 1. The van der Waals surface area contributed by atoms with E-state index < -0.39 is 5.92 Å². The number of nitrogens with two attached hydrogens (primary N) is 1. The maximum atomic E-state index is 12.7.